The summed E-state index contributed by atoms with van der Waals surface area (Å²) in [5.41, 5.74) is 1.12. The van der Waals surface area contributed by atoms with Crippen molar-refractivity contribution in [3.63, 3.8) is 0 Å². The molecule has 5 heteroatoms. The second kappa shape index (κ2) is 5.95. The van der Waals surface area contributed by atoms with Crippen molar-refractivity contribution in [2.45, 2.75) is 51.1 Å². The number of aliphatic carboxylic acids is 1. The molecular weight excluding hydrogens is 254 g/mol. The van der Waals surface area contributed by atoms with E-state index in [2.05, 4.69) is 21.8 Å². The molecule has 1 aromatic rings. The Morgan fingerprint density at radius 3 is 2.75 bits per heavy atom. The molecule has 2 fully saturated rings. The third kappa shape index (κ3) is 3.20. The van der Waals surface area contributed by atoms with Crippen LogP contribution in [0.3, 0.4) is 0 Å². The largest absolute Gasteiger partial charge is 0.481 e. The molecule has 0 atom stereocenters. The molecule has 1 saturated heterocycles. The van der Waals surface area contributed by atoms with Gasteiger partial charge in [-0.1, -0.05) is 19.3 Å². The summed E-state index contributed by atoms with van der Waals surface area (Å²) in [5.74, 6) is -0.357. The molecule has 1 N–H and O–H groups in total. The van der Waals surface area contributed by atoms with Crippen molar-refractivity contribution < 1.29 is 9.90 Å². The Bertz CT molecular complexity index is 459. The van der Waals surface area contributed by atoms with E-state index in [9.17, 15) is 4.79 Å². The molecule has 2 heterocycles. The summed E-state index contributed by atoms with van der Waals surface area (Å²) in [5, 5.41) is 13.4. The Hall–Kier alpha value is -1.36. The van der Waals surface area contributed by atoms with Gasteiger partial charge >= 0.3 is 5.97 Å². The molecule has 0 amide bonds. The third-order valence-corrected chi connectivity index (χ3v) is 4.49. The number of rotatable bonds is 5. The predicted molar refractivity (Wildman–Crippen MR) is 75.4 cm³/mol. The highest BCUT2D eigenvalue weighted by molar-refractivity contribution is 5.67. The highest BCUT2D eigenvalue weighted by Crippen LogP contribution is 2.28. The molecular formula is C15H23N3O2. The van der Waals surface area contributed by atoms with E-state index in [1.807, 2.05) is 0 Å². The summed E-state index contributed by atoms with van der Waals surface area (Å²) >= 11 is 0. The first kappa shape index (κ1) is 13.6. The molecule has 0 bridgehead atoms. The molecule has 3 rings (SSSR count). The number of hydrogen-bond donors (Lipinski definition) is 1. The molecule has 0 spiro atoms. The summed E-state index contributed by atoms with van der Waals surface area (Å²) in [7, 11) is 0. The topological polar surface area (TPSA) is 58.4 Å². The molecule has 2 aliphatic rings. The summed E-state index contributed by atoms with van der Waals surface area (Å²) in [6.07, 6.45) is 8.93. The van der Waals surface area contributed by atoms with Gasteiger partial charge < -0.3 is 5.11 Å². The first-order chi connectivity index (χ1) is 9.70. The van der Waals surface area contributed by atoms with Gasteiger partial charge in [0.25, 0.3) is 0 Å². The lowest BCUT2D eigenvalue weighted by Gasteiger charge is -2.38. The zero-order valence-electron chi connectivity index (χ0n) is 11.9. The molecule has 0 radical (unpaired) electrons. The molecule has 1 aliphatic carbocycles. The number of carbonyl (C=O) groups is 1. The SMILES string of the molecule is O=C(O)CC1CN(Cc2ccn(C3CCCCC3)n2)C1. The fourth-order valence-corrected chi connectivity index (χ4v) is 3.42. The van der Waals surface area contributed by atoms with Gasteiger partial charge in [-0.3, -0.25) is 14.4 Å². The first-order valence-electron chi connectivity index (χ1n) is 7.69. The average Bonchev–Trinajstić information content (AvgIpc) is 2.85. The Labute approximate surface area is 119 Å². The molecule has 1 saturated carbocycles. The number of likely N-dealkylation sites (tertiary alicyclic amines) is 1. The minimum absolute atomic E-state index is 0.299. The van der Waals surface area contributed by atoms with Gasteiger partial charge in [0.2, 0.25) is 0 Å². The van der Waals surface area contributed by atoms with Crippen LogP contribution < -0.4 is 0 Å². The summed E-state index contributed by atoms with van der Waals surface area (Å²) in [6.45, 7) is 2.64. The standard InChI is InChI=1S/C15H23N3O2/c19-15(20)8-12-9-17(10-12)11-13-6-7-18(16-13)14-4-2-1-3-5-14/h6-7,12,14H,1-5,8-11H2,(H,19,20). The lowest BCUT2D eigenvalue weighted by Crippen LogP contribution is -2.46. The Morgan fingerprint density at radius 2 is 2.05 bits per heavy atom. The van der Waals surface area contributed by atoms with E-state index in [0.717, 1.165) is 25.3 Å². The zero-order chi connectivity index (χ0) is 13.9. The second-order valence-electron chi connectivity index (χ2n) is 6.24. The lowest BCUT2D eigenvalue weighted by molar-refractivity contribution is -0.139. The van der Waals surface area contributed by atoms with E-state index < -0.39 is 5.97 Å². The van der Waals surface area contributed by atoms with E-state index >= 15 is 0 Å². The van der Waals surface area contributed by atoms with Crippen LogP contribution >= 0.6 is 0 Å². The summed E-state index contributed by atoms with van der Waals surface area (Å²) in [6, 6.07) is 2.70. The minimum atomic E-state index is -0.684. The van der Waals surface area contributed by atoms with Crippen LogP contribution in [0.2, 0.25) is 0 Å². The monoisotopic (exact) mass is 277 g/mol. The van der Waals surface area contributed by atoms with Gasteiger partial charge in [-0.25, -0.2) is 0 Å². The van der Waals surface area contributed by atoms with Crippen LogP contribution in [0.15, 0.2) is 12.3 Å². The predicted octanol–water partition coefficient (Wildman–Crippen LogP) is 2.29. The molecule has 20 heavy (non-hydrogen) atoms. The van der Waals surface area contributed by atoms with E-state index in [0.29, 0.717) is 18.4 Å². The molecule has 5 nitrogen and oxygen atoms in total. The van der Waals surface area contributed by atoms with Gasteiger partial charge in [0.1, 0.15) is 0 Å². The van der Waals surface area contributed by atoms with Crippen LogP contribution in [0.1, 0.15) is 50.3 Å². The van der Waals surface area contributed by atoms with Crippen LogP contribution in [-0.4, -0.2) is 38.8 Å². The van der Waals surface area contributed by atoms with Crippen LogP contribution in [-0.2, 0) is 11.3 Å². The number of nitrogens with zero attached hydrogens (tertiary/aromatic N) is 3. The van der Waals surface area contributed by atoms with Crippen LogP contribution in [0.4, 0.5) is 0 Å². The first-order valence-corrected chi connectivity index (χ1v) is 7.69. The quantitative estimate of drug-likeness (QED) is 0.897. The summed E-state index contributed by atoms with van der Waals surface area (Å²) in [4.78, 5) is 12.9. The van der Waals surface area contributed by atoms with Crippen molar-refractivity contribution in [1.29, 1.82) is 0 Å². The normalized spacial score (nSPS) is 21.8. The molecule has 0 aromatic carbocycles. The van der Waals surface area contributed by atoms with E-state index in [-0.39, 0.29) is 0 Å². The van der Waals surface area contributed by atoms with Crippen molar-refractivity contribution in [2.75, 3.05) is 13.1 Å². The highest BCUT2D eigenvalue weighted by atomic mass is 16.4. The van der Waals surface area contributed by atoms with Crippen LogP contribution in [0.5, 0.6) is 0 Å². The van der Waals surface area contributed by atoms with Crippen molar-refractivity contribution >= 4 is 5.97 Å². The van der Waals surface area contributed by atoms with Crippen molar-refractivity contribution in [1.82, 2.24) is 14.7 Å². The lowest BCUT2D eigenvalue weighted by atomic mass is 9.96. The third-order valence-electron chi connectivity index (χ3n) is 4.49. The van der Waals surface area contributed by atoms with Gasteiger partial charge in [0.05, 0.1) is 18.2 Å². The maximum atomic E-state index is 10.6. The van der Waals surface area contributed by atoms with E-state index in [1.165, 1.54) is 32.1 Å². The zero-order valence-corrected chi connectivity index (χ0v) is 11.9. The van der Waals surface area contributed by atoms with Gasteiger partial charge in [-0.15, -0.1) is 0 Å². The molecule has 1 aliphatic heterocycles. The van der Waals surface area contributed by atoms with Crippen molar-refractivity contribution in [3.8, 4) is 0 Å². The van der Waals surface area contributed by atoms with E-state index in [4.69, 9.17) is 10.2 Å². The average molecular weight is 277 g/mol. The maximum Gasteiger partial charge on any atom is 0.303 e. The smallest absolute Gasteiger partial charge is 0.303 e. The number of carboxylic acids is 1. The molecule has 1 aromatic heterocycles. The molecule has 0 unspecified atom stereocenters. The number of carboxylic acid groups (broad SMARTS) is 1. The van der Waals surface area contributed by atoms with Gasteiger partial charge in [0.15, 0.2) is 0 Å². The minimum Gasteiger partial charge on any atom is -0.481 e. The van der Waals surface area contributed by atoms with Gasteiger partial charge in [-0.05, 0) is 24.8 Å². The summed E-state index contributed by atoms with van der Waals surface area (Å²) < 4.78 is 2.14. The van der Waals surface area contributed by atoms with Crippen LogP contribution in [0.25, 0.3) is 0 Å². The molecule has 110 valence electrons. The van der Waals surface area contributed by atoms with Gasteiger partial charge in [-0.2, -0.15) is 5.10 Å². The second-order valence-corrected chi connectivity index (χ2v) is 6.24. The highest BCUT2D eigenvalue weighted by Gasteiger charge is 2.28. The van der Waals surface area contributed by atoms with Crippen LogP contribution in [0, 0.1) is 5.92 Å². The maximum absolute atomic E-state index is 10.6. The van der Waals surface area contributed by atoms with Gasteiger partial charge in [0, 0.05) is 25.8 Å². The van der Waals surface area contributed by atoms with Crippen molar-refractivity contribution in [2.24, 2.45) is 5.92 Å². The van der Waals surface area contributed by atoms with Crippen molar-refractivity contribution in [3.05, 3.63) is 18.0 Å². The Morgan fingerprint density at radius 1 is 1.30 bits per heavy atom. The Kier molecular flexibility index (Phi) is 4.05. The number of aromatic nitrogens is 2. The Balaban J connectivity index is 1.47. The number of hydrogen-bond acceptors (Lipinski definition) is 3. The fourth-order valence-electron chi connectivity index (χ4n) is 3.42. The fraction of sp³-hybridized carbons (Fsp3) is 0.733. The van der Waals surface area contributed by atoms with E-state index in [1.54, 1.807) is 0 Å².